The zero-order valence-electron chi connectivity index (χ0n) is 10.1. The van der Waals surface area contributed by atoms with Gasteiger partial charge in [0.05, 0.1) is 0 Å². The van der Waals surface area contributed by atoms with Gasteiger partial charge in [-0.25, -0.2) is 4.79 Å². The molecule has 1 unspecified atom stereocenters. The molecule has 0 saturated carbocycles. The molecule has 0 saturated heterocycles. The molecule has 1 heterocycles. The number of carbonyl (C=O) groups is 2. The molecule has 1 aromatic carbocycles. The number of H-pyrrole nitrogens is 1. The van der Waals surface area contributed by atoms with Crippen molar-refractivity contribution in [2.24, 2.45) is 5.73 Å². The first kappa shape index (κ1) is 13.1. The summed E-state index contributed by atoms with van der Waals surface area (Å²) in [4.78, 5) is 25.0. The first-order valence-corrected chi connectivity index (χ1v) is 5.76. The van der Waals surface area contributed by atoms with E-state index in [1.54, 1.807) is 18.2 Å². The van der Waals surface area contributed by atoms with Crippen LogP contribution in [0.5, 0.6) is 0 Å². The molecule has 2 rings (SSSR count). The van der Waals surface area contributed by atoms with Gasteiger partial charge in [0.15, 0.2) is 0 Å². The Balaban J connectivity index is 2.49. The summed E-state index contributed by atoms with van der Waals surface area (Å²) < 4.78 is 0. The molecule has 0 amide bonds. The number of nitrogens with two attached hydrogens (primary N) is 1. The average Bonchev–Trinajstić information content (AvgIpc) is 2.80. The highest BCUT2D eigenvalue weighted by atomic mass is 16.4. The summed E-state index contributed by atoms with van der Waals surface area (Å²) in [5.74, 6) is -2.31. The van der Waals surface area contributed by atoms with Crippen LogP contribution in [0.4, 0.5) is 0 Å². The van der Waals surface area contributed by atoms with Gasteiger partial charge < -0.3 is 20.9 Å². The van der Waals surface area contributed by atoms with Gasteiger partial charge >= 0.3 is 11.9 Å². The Hall–Kier alpha value is -2.34. The van der Waals surface area contributed by atoms with E-state index in [1.165, 1.54) is 6.20 Å². The normalized spacial score (nSPS) is 14.2. The first-order chi connectivity index (χ1) is 8.95. The summed E-state index contributed by atoms with van der Waals surface area (Å²) in [5.41, 5.74) is 5.40. The highest BCUT2D eigenvalue weighted by molar-refractivity contribution is 5.91. The molecule has 0 fully saturated rings. The SMILES string of the molecule is NC(CCC(=O)O)(C(=O)O)c1c[nH]c2ccccc12. The number of fused-ring (bicyclic) bond motifs is 1. The number of benzene rings is 1. The Morgan fingerprint density at radius 3 is 2.58 bits per heavy atom. The highest BCUT2D eigenvalue weighted by Crippen LogP contribution is 2.30. The molecule has 6 heteroatoms. The molecular formula is C13H14N2O4. The van der Waals surface area contributed by atoms with Crippen molar-refractivity contribution in [3.63, 3.8) is 0 Å². The van der Waals surface area contributed by atoms with Crippen molar-refractivity contribution in [3.05, 3.63) is 36.0 Å². The van der Waals surface area contributed by atoms with E-state index in [4.69, 9.17) is 10.8 Å². The number of para-hydroxylation sites is 1. The van der Waals surface area contributed by atoms with E-state index < -0.39 is 17.5 Å². The Labute approximate surface area is 108 Å². The van der Waals surface area contributed by atoms with Crippen molar-refractivity contribution in [3.8, 4) is 0 Å². The fourth-order valence-corrected chi connectivity index (χ4v) is 2.10. The van der Waals surface area contributed by atoms with Crippen molar-refractivity contribution in [1.82, 2.24) is 4.98 Å². The molecule has 1 aromatic heterocycles. The van der Waals surface area contributed by atoms with Gasteiger partial charge in [0.1, 0.15) is 5.54 Å². The van der Waals surface area contributed by atoms with E-state index >= 15 is 0 Å². The number of nitrogens with one attached hydrogen (secondary N) is 1. The molecule has 0 spiro atoms. The second kappa shape index (κ2) is 4.74. The highest BCUT2D eigenvalue weighted by Gasteiger charge is 2.38. The number of carboxylic acids is 2. The van der Waals surface area contributed by atoms with Crippen LogP contribution < -0.4 is 5.73 Å². The largest absolute Gasteiger partial charge is 0.481 e. The van der Waals surface area contributed by atoms with Gasteiger partial charge in [-0.2, -0.15) is 0 Å². The molecule has 2 aromatic rings. The van der Waals surface area contributed by atoms with Gasteiger partial charge in [-0.1, -0.05) is 18.2 Å². The van der Waals surface area contributed by atoms with E-state index in [-0.39, 0.29) is 12.8 Å². The summed E-state index contributed by atoms with van der Waals surface area (Å²) >= 11 is 0. The smallest absolute Gasteiger partial charge is 0.328 e. The Bertz CT molecular complexity index is 634. The number of aromatic nitrogens is 1. The molecule has 0 aliphatic carbocycles. The van der Waals surface area contributed by atoms with Crippen LogP contribution in [-0.2, 0) is 15.1 Å². The minimum Gasteiger partial charge on any atom is -0.481 e. The lowest BCUT2D eigenvalue weighted by Crippen LogP contribution is -2.45. The van der Waals surface area contributed by atoms with Crippen LogP contribution in [0.2, 0.25) is 0 Å². The Morgan fingerprint density at radius 2 is 1.95 bits per heavy atom. The molecular weight excluding hydrogens is 248 g/mol. The number of aliphatic carboxylic acids is 2. The minimum atomic E-state index is -1.71. The van der Waals surface area contributed by atoms with Crippen molar-refractivity contribution in [2.75, 3.05) is 0 Å². The van der Waals surface area contributed by atoms with E-state index in [1.807, 2.05) is 6.07 Å². The number of hydrogen-bond acceptors (Lipinski definition) is 3. The van der Waals surface area contributed by atoms with Gasteiger partial charge in [0, 0.05) is 29.1 Å². The topological polar surface area (TPSA) is 116 Å². The van der Waals surface area contributed by atoms with Gasteiger partial charge in [0.25, 0.3) is 0 Å². The average molecular weight is 262 g/mol. The number of hydrogen-bond donors (Lipinski definition) is 4. The maximum absolute atomic E-state index is 11.4. The molecule has 19 heavy (non-hydrogen) atoms. The number of rotatable bonds is 5. The second-order valence-corrected chi connectivity index (χ2v) is 4.42. The lowest BCUT2D eigenvalue weighted by atomic mass is 9.86. The molecule has 0 radical (unpaired) electrons. The third kappa shape index (κ3) is 2.30. The Kier molecular flexibility index (Phi) is 3.26. The maximum Gasteiger partial charge on any atom is 0.328 e. The fourth-order valence-electron chi connectivity index (χ4n) is 2.10. The summed E-state index contributed by atoms with van der Waals surface area (Å²) in [6, 6.07) is 7.16. The lowest BCUT2D eigenvalue weighted by Gasteiger charge is -2.23. The van der Waals surface area contributed by atoms with Crippen molar-refractivity contribution < 1.29 is 19.8 Å². The van der Waals surface area contributed by atoms with Crippen molar-refractivity contribution in [2.45, 2.75) is 18.4 Å². The standard InChI is InChI=1S/C13H14N2O4/c14-13(12(18)19,6-5-11(16)17)9-7-15-10-4-2-1-3-8(9)10/h1-4,7,15H,5-6,14H2,(H,16,17)(H,18,19). The molecule has 0 aliphatic heterocycles. The monoisotopic (exact) mass is 262 g/mol. The van der Waals surface area contributed by atoms with Crippen LogP contribution in [-0.4, -0.2) is 27.1 Å². The summed E-state index contributed by atoms with van der Waals surface area (Å²) in [5, 5.41) is 18.8. The minimum absolute atomic E-state index is 0.167. The Morgan fingerprint density at radius 1 is 1.26 bits per heavy atom. The number of carboxylic acid groups (broad SMARTS) is 2. The summed E-state index contributed by atoms with van der Waals surface area (Å²) in [6.45, 7) is 0. The van der Waals surface area contributed by atoms with Crippen molar-refractivity contribution >= 4 is 22.8 Å². The van der Waals surface area contributed by atoms with E-state index in [0.717, 1.165) is 5.52 Å². The van der Waals surface area contributed by atoms with Gasteiger partial charge in [-0.3, -0.25) is 4.79 Å². The van der Waals surface area contributed by atoms with Crippen LogP contribution in [0.25, 0.3) is 10.9 Å². The van der Waals surface area contributed by atoms with E-state index in [0.29, 0.717) is 10.9 Å². The fraction of sp³-hybridized carbons (Fsp3) is 0.231. The zero-order chi connectivity index (χ0) is 14.0. The summed E-state index contributed by atoms with van der Waals surface area (Å²) in [6.07, 6.45) is 1.06. The molecule has 1 atom stereocenters. The molecule has 5 N–H and O–H groups in total. The van der Waals surface area contributed by atoms with Crippen LogP contribution >= 0.6 is 0 Å². The van der Waals surface area contributed by atoms with Crippen LogP contribution in [0.3, 0.4) is 0 Å². The van der Waals surface area contributed by atoms with E-state index in [9.17, 15) is 14.7 Å². The van der Waals surface area contributed by atoms with Gasteiger partial charge in [-0.15, -0.1) is 0 Å². The van der Waals surface area contributed by atoms with Crippen LogP contribution in [0.1, 0.15) is 18.4 Å². The van der Waals surface area contributed by atoms with Gasteiger partial charge in [-0.05, 0) is 12.5 Å². The summed E-state index contributed by atoms with van der Waals surface area (Å²) in [7, 11) is 0. The lowest BCUT2D eigenvalue weighted by molar-refractivity contribution is -0.145. The third-order valence-corrected chi connectivity index (χ3v) is 3.18. The molecule has 6 nitrogen and oxygen atoms in total. The van der Waals surface area contributed by atoms with Gasteiger partial charge in [0.2, 0.25) is 0 Å². The van der Waals surface area contributed by atoms with Crippen LogP contribution in [0, 0.1) is 0 Å². The van der Waals surface area contributed by atoms with Crippen molar-refractivity contribution in [1.29, 1.82) is 0 Å². The maximum atomic E-state index is 11.4. The predicted octanol–water partition coefficient (Wildman–Crippen LogP) is 1.27. The van der Waals surface area contributed by atoms with Crippen LogP contribution in [0.15, 0.2) is 30.5 Å². The predicted molar refractivity (Wildman–Crippen MR) is 68.7 cm³/mol. The van der Waals surface area contributed by atoms with E-state index in [2.05, 4.69) is 4.98 Å². The number of aromatic amines is 1. The molecule has 100 valence electrons. The molecule has 0 bridgehead atoms. The first-order valence-electron chi connectivity index (χ1n) is 5.76. The second-order valence-electron chi connectivity index (χ2n) is 4.42. The molecule has 0 aliphatic rings. The zero-order valence-corrected chi connectivity index (χ0v) is 10.1. The third-order valence-electron chi connectivity index (χ3n) is 3.18. The quantitative estimate of drug-likeness (QED) is 0.647.